The van der Waals surface area contributed by atoms with Crippen molar-refractivity contribution >= 4 is 11.6 Å². The molecule has 4 heteroatoms. The Morgan fingerprint density at radius 1 is 1.26 bits per heavy atom. The topological polar surface area (TPSA) is 29.9 Å². The minimum absolute atomic E-state index is 0.212. The average Bonchev–Trinajstić information content (AvgIpc) is 2.85. The van der Waals surface area contributed by atoms with E-state index in [9.17, 15) is 0 Å². The third-order valence-electron chi connectivity index (χ3n) is 3.26. The van der Waals surface area contributed by atoms with Crippen LogP contribution in [-0.2, 0) is 6.54 Å². The Balaban J connectivity index is 2.03. The second-order valence-corrected chi connectivity index (χ2v) is 5.42. The molecule has 0 aliphatic rings. The van der Waals surface area contributed by atoms with Crippen molar-refractivity contribution < 1.29 is 0 Å². The molecular formula is C15H20ClN3. The molecule has 0 bridgehead atoms. The van der Waals surface area contributed by atoms with Gasteiger partial charge in [-0.25, -0.2) is 4.98 Å². The summed E-state index contributed by atoms with van der Waals surface area (Å²) in [5, 5.41) is 4.30. The zero-order chi connectivity index (χ0) is 13.8. The first-order chi connectivity index (χ1) is 9.09. The molecule has 1 heterocycles. The second kappa shape index (κ2) is 6.22. The van der Waals surface area contributed by atoms with E-state index in [1.54, 1.807) is 0 Å². The van der Waals surface area contributed by atoms with Gasteiger partial charge in [-0.1, -0.05) is 29.8 Å². The normalized spacial score (nSPS) is 12.9. The summed E-state index contributed by atoms with van der Waals surface area (Å²) in [4.78, 5) is 4.21. The summed E-state index contributed by atoms with van der Waals surface area (Å²) in [6.45, 7) is 7.22. The summed E-state index contributed by atoms with van der Waals surface area (Å²) in [5.41, 5.74) is 2.31. The van der Waals surface area contributed by atoms with E-state index in [2.05, 4.69) is 41.7 Å². The molecule has 1 aromatic heterocycles. The van der Waals surface area contributed by atoms with Crippen molar-refractivity contribution in [3.63, 3.8) is 0 Å². The summed E-state index contributed by atoms with van der Waals surface area (Å²) in [7, 11) is 0. The van der Waals surface area contributed by atoms with Crippen molar-refractivity contribution in [2.45, 2.75) is 39.4 Å². The van der Waals surface area contributed by atoms with Crippen LogP contribution in [0.5, 0.6) is 0 Å². The van der Waals surface area contributed by atoms with Crippen LogP contribution in [0.15, 0.2) is 36.8 Å². The number of nitrogens with one attached hydrogen (secondary N) is 1. The molecule has 0 saturated carbocycles. The van der Waals surface area contributed by atoms with Crippen LogP contribution in [-0.4, -0.2) is 9.55 Å². The maximum atomic E-state index is 6.20. The molecule has 1 aromatic carbocycles. The van der Waals surface area contributed by atoms with Gasteiger partial charge in [0.2, 0.25) is 0 Å². The first-order valence-electron chi connectivity index (χ1n) is 6.58. The highest BCUT2D eigenvalue weighted by atomic mass is 35.5. The van der Waals surface area contributed by atoms with Crippen molar-refractivity contribution in [2.24, 2.45) is 0 Å². The predicted molar refractivity (Wildman–Crippen MR) is 79.3 cm³/mol. The van der Waals surface area contributed by atoms with Gasteiger partial charge in [0.1, 0.15) is 0 Å². The standard InChI is InChI=1S/C15H20ClN3/c1-11(2)19-10-17-8-13(19)9-18-12(3)14-6-4-5-7-15(14)16/h4-8,10-12,18H,9H2,1-3H3. The lowest BCUT2D eigenvalue weighted by atomic mass is 10.1. The lowest BCUT2D eigenvalue weighted by Gasteiger charge is -2.17. The summed E-state index contributed by atoms with van der Waals surface area (Å²) < 4.78 is 2.17. The Hall–Kier alpha value is -1.32. The molecule has 1 N–H and O–H groups in total. The Bertz CT molecular complexity index is 534. The van der Waals surface area contributed by atoms with E-state index in [4.69, 9.17) is 11.6 Å². The summed E-state index contributed by atoms with van der Waals surface area (Å²) in [5.74, 6) is 0. The first kappa shape index (κ1) is 14.1. The number of hydrogen-bond donors (Lipinski definition) is 1. The zero-order valence-corrected chi connectivity index (χ0v) is 12.4. The minimum atomic E-state index is 0.212. The van der Waals surface area contributed by atoms with Crippen LogP contribution in [0.3, 0.4) is 0 Å². The summed E-state index contributed by atoms with van der Waals surface area (Å²) >= 11 is 6.20. The SMILES string of the molecule is CC(NCc1cncn1C(C)C)c1ccccc1Cl. The molecule has 3 nitrogen and oxygen atoms in total. The Kier molecular flexibility index (Phi) is 4.61. The van der Waals surface area contributed by atoms with Gasteiger partial charge in [0.15, 0.2) is 0 Å². The molecule has 0 aliphatic heterocycles. The van der Waals surface area contributed by atoms with E-state index in [-0.39, 0.29) is 6.04 Å². The average molecular weight is 278 g/mol. The number of aromatic nitrogens is 2. The first-order valence-corrected chi connectivity index (χ1v) is 6.96. The monoisotopic (exact) mass is 277 g/mol. The highest BCUT2D eigenvalue weighted by Crippen LogP contribution is 2.22. The molecule has 0 radical (unpaired) electrons. The minimum Gasteiger partial charge on any atom is -0.331 e. The summed E-state index contributed by atoms with van der Waals surface area (Å²) in [6, 6.07) is 8.58. The van der Waals surface area contributed by atoms with Crippen LogP contribution < -0.4 is 5.32 Å². The van der Waals surface area contributed by atoms with E-state index in [0.29, 0.717) is 6.04 Å². The van der Waals surface area contributed by atoms with Gasteiger partial charge in [-0.3, -0.25) is 0 Å². The molecule has 0 amide bonds. The van der Waals surface area contributed by atoms with Crippen LogP contribution in [0, 0.1) is 0 Å². The fourth-order valence-corrected chi connectivity index (χ4v) is 2.43. The smallest absolute Gasteiger partial charge is 0.0951 e. The van der Waals surface area contributed by atoms with Gasteiger partial charge in [0, 0.05) is 29.8 Å². The van der Waals surface area contributed by atoms with Crippen molar-refractivity contribution in [1.29, 1.82) is 0 Å². The van der Waals surface area contributed by atoms with Gasteiger partial charge in [-0.2, -0.15) is 0 Å². The Labute approximate surface area is 119 Å². The fourth-order valence-electron chi connectivity index (χ4n) is 2.13. The van der Waals surface area contributed by atoms with Gasteiger partial charge in [-0.05, 0) is 32.4 Å². The van der Waals surface area contributed by atoms with E-state index >= 15 is 0 Å². The number of halogens is 1. The number of nitrogens with zero attached hydrogens (tertiary/aromatic N) is 2. The van der Waals surface area contributed by atoms with E-state index in [0.717, 1.165) is 17.1 Å². The second-order valence-electron chi connectivity index (χ2n) is 5.01. The van der Waals surface area contributed by atoms with Crippen LogP contribution in [0.1, 0.15) is 44.1 Å². The third-order valence-corrected chi connectivity index (χ3v) is 3.61. The number of hydrogen-bond acceptors (Lipinski definition) is 2. The predicted octanol–water partition coefficient (Wildman–Crippen LogP) is 3.97. The van der Waals surface area contributed by atoms with Gasteiger partial charge >= 0.3 is 0 Å². The number of rotatable bonds is 5. The molecule has 1 atom stereocenters. The number of imidazole rings is 1. The Morgan fingerprint density at radius 2 is 2.00 bits per heavy atom. The largest absolute Gasteiger partial charge is 0.331 e. The van der Waals surface area contributed by atoms with Crippen molar-refractivity contribution in [2.75, 3.05) is 0 Å². The van der Waals surface area contributed by atoms with E-state index in [1.165, 1.54) is 5.69 Å². The van der Waals surface area contributed by atoms with E-state index < -0.39 is 0 Å². The Morgan fingerprint density at radius 3 is 2.68 bits per heavy atom. The van der Waals surface area contributed by atoms with Crippen molar-refractivity contribution in [3.8, 4) is 0 Å². The maximum Gasteiger partial charge on any atom is 0.0951 e. The molecule has 0 spiro atoms. The third kappa shape index (κ3) is 3.37. The van der Waals surface area contributed by atoms with E-state index in [1.807, 2.05) is 30.7 Å². The molecule has 2 aromatic rings. The lowest BCUT2D eigenvalue weighted by molar-refractivity contribution is 0.518. The molecule has 1 unspecified atom stereocenters. The van der Waals surface area contributed by atoms with Gasteiger partial charge in [-0.15, -0.1) is 0 Å². The summed E-state index contributed by atoms with van der Waals surface area (Å²) in [6.07, 6.45) is 3.79. The molecule has 19 heavy (non-hydrogen) atoms. The zero-order valence-electron chi connectivity index (χ0n) is 11.6. The van der Waals surface area contributed by atoms with Crippen LogP contribution in [0.25, 0.3) is 0 Å². The van der Waals surface area contributed by atoms with Gasteiger partial charge < -0.3 is 9.88 Å². The molecule has 0 fully saturated rings. The van der Waals surface area contributed by atoms with Gasteiger partial charge in [0.25, 0.3) is 0 Å². The molecule has 102 valence electrons. The maximum absolute atomic E-state index is 6.20. The van der Waals surface area contributed by atoms with Crippen molar-refractivity contribution in [1.82, 2.24) is 14.9 Å². The molecular weight excluding hydrogens is 258 g/mol. The van der Waals surface area contributed by atoms with Crippen molar-refractivity contribution in [3.05, 3.63) is 53.1 Å². The molecule has 2 rings (SSSR count). The highest BCUT2D eigenvalue weighted by molar-refractivity contribution is 6.31. The van der Waals surface area contributed by atoms with Crippen LogP contribution in [0.4, 0.5) is 0 Å². The number of benzene rings is 1. The fraction of sp³-hybridized carbons (Fsp3) is 0.400. The van der Waals surface area contributed by atoms with Crippen LogP contribution in [0.2, 0.25) is 5.02 Å². The quantitative estimate of drug-likeness (QED) is 0.896. The van der Waals surface area contributed by atoms with Gasteiger partial charge in [0.05, 0.1) is 12.0 Å². The van der Waals surface area contributed by atoms with Crippen LogP contribution >= 0.6 is 11.6 Å². The lowest BCUT2D eigenvalue weighted by Crippen LogP contribution is -2.20. The molecule has 0 aliphatic carbocycles. The highest BCUT2D eigenvalue weighted by Gasteiger charge is 2.10. The molecule has 0 saturated heterocycles.